The fraction of sp³-hybridized carbons (Fsp3) is 0.400. The Morgan fingerprint density at radius 2 is 1.79 bits per heavy atom. The fourth-order valence-electron chi connectivity index (χ4n) is 6.06. The minimum atomic E-state index is -1.06. The van der Waals surface area contributed by atoms with Crippen LogP contribution in [-0.4, -0.2) is 51.7 Å². The van der Waals surface area contributed by atoms with Crippen molar-refractivity contribution in [1.82, 2.24) is 20.5 Å². The predicted octanol–water partition coefficient (Wildman–Crippen LogP) is 4.95. The quantitative estimate of drug-likeness (QED) is 0.317. The number of nitrogens with zero attached hydrogens (tertiary/aromatic N) is 2. The van der Waals surface area contributed by atoms with Gasteiger partial charge < -0.3 is 15.4 Å². The van der Waals surface area contributed by atoms with Crippen LogP contribution >= 0.6 is 22.9 Å². The molecule has 3 heterocycles. The Bertz CT molecular complexity index is 1700. The SMILES string of the molecule is O=C1CCC(N2C(=O)c3ccc(NC(=O)N[C@@H](c4nc5c(OC6CCCC6)cc(Cl)cc5s4)C4CC4)cc3C2=O)C(=O)N1. The summed E-state index contributed by atoms with van der Waals surface area (Å²) in [7, 11) is 0. The molecule has 0 spiro atoms. The van der Waals surface area contributed by atoms with Crippen molar-refractivity contribution in [3.63, 3.8) is 0 Å². The second-order valence-corrected chi connectivity index (χ2v) is 12.9. The van der Waals surface area contributed by atoms with Gasteiger partial charge in [-0.25, -0.2) is 9.78 Å². The molecule has 13 heteroatoms. The summed E-state index contributed by atoms with van der Waals surface area (Å²) in [5.41, 5.74) is 1.29. The number of piperidine rings is 1. The number of halogens is 1. The van der Waals surface area contributed by atoms with Crippen LogP contribution in [0.5, 0.6) is 5.75 Å². The van der Waals surface area contributed by atoms with Crippen LogP contribution in [-0.2, 0) is 9.59 Å². The number of imide groups is 2. The molecule has 3 aromatic rings. The smallest absolute Gasteiger partial charge is 0.319 e. The lowest BCUT2D eigenvalue weighted by atomic mass is 10.0. The Morgan fingerprint density at radius 1 is 1.02 bits per heavy atom. The van der Waals surface area contributed by atoms with E-state index in [1.807, 2.05) is 6.07 Å². The molecule has 2 atom stereocenters. The molecule has 1 unspecified atom stereocenters. The first-order chi connectivity index (χ1) is 20.7. The van der Waals surface area contributed by atoms with Crippen molar-refractivity contribution in [3.05, 3.63) is 51.5 Å². The number of fused-ring (bicyclic) bond motifs is 2. The number of thiazole rings is 1. The monoisotopic (exact) mass is 621 g/mol. The summed E-state index contributed by atoms with van der Waals surface area (Å²) in [5, 5.41) is 9.34. The van der Waals surface area contributed by atoms with Crippen molar-refractivity contribution in [3.8, 4) is 5.75 Å². The Kier molecular flexibility index (Phi) is 7.05. The summed E-state index contributed by atoms with van der Waals surface area (Å²) in [4.78, 5) is 69.0. The van der Waals surface area contributed by atoms with Crippen LogP contribution in [0.1, 0.15) is 83.1 Å². The van der Waals surface area contributed by atoms with E-state index in [-0.39, 0.29) is 42.0 Å². The molecular formula is C30H28ClN5O6S. The van der Waals surface area contributed by atoms with Crippen molar-refractivity contribution in [1.29, 1.82) is 0 Å². The molecule has 2 saturated carbocycles. The highest BCUT2D eigenvalue weighted by Gasteiger charge is 2.44. The van der Waals surface area contributed by atoms with Crippen LogP contribution in [0.25, 0.3) is 10.2 Å². The number of anilines is 1. The average Bonchev–Trinajstić information content (AvgIpc) is 3.41. The number of hydrogen-bond acceptors (Lipinski definition) is 8. The number of carbonyl (C=O) groups is 5. The first-order valence-corrected chi connectivity index (χ1v) is 15.6. The highest BCUT2D eigenvalue weighted by molar-refractivity contribution is 7.18. The third-order valence-corrected chi connectivity index (χ3v) is 9.68. The maximum absolute atomic E-state index is 13.2. The Morgan fingerprint density at radius 3 is 2.53 bits per heavy atom. The standard InChI is InChI=1S/C30H28ClN5O6S/c31-15-11-21(42-17-3-1-2-4-17)25-22(12-15)43-27(34-25)24(14-5-6-14)35-30(41)32-16-7-8-18-19(13-16)29(40)36(28(18)39)20-9-10-23(37)33-26(20)38/h7-8,11-14,17,20,24H,1-6,9-10H2,(H2,32,35,41)(H,33,37,38)/t20?,24-/m1/s1. The summed E-state index contributed by atoms with van der Waals surface area (Å²) >= 11 is 7.89. The molecule has 1 aromatic heterocycles. The number of urea groups is 1. The van der Waals surface area contributed by atoms with E-state index in [0.717, 1.165) is 58.6 Å². The fourth-order valence-corrected chi connectivity index (χ4v) is 7.50. The second kappa shape index (κ2) is 10.9. The number of amides is 6. The van der Waals surface area contributed by atoms with Crippen LogP contribution in [0.4, 0.5) is 10.5 Å². The zero-order valence-corrected chi connectivity index (χ0v) is 24.6. The van der Waals surface area contributed by atoms with Crippen molar-refractivity contribution in [2.24, 2.45) is 5.92 Å². The summed E-state index contributed by atoms with van der Waals surface area (Å²) < 4.78 is 7.17. The average molecular weight is 622 g/mol. The maximum atomic E-state index is 13.2. The Labute approximate surface area is 255 Å². The van der Waals surface area contributed by atoms with E-state index >= 15 is 0 Å². The lowest BCUT2D eigenvalue weighted by Gasteiger charge is -2.27. The third kappa shape index (κ3) is 5.33. The van der Waals surface area contributed by atoms with Gasteiger partial charge >= 0.3 is 6.03 Å². The molecule has 2 aliphatic carbocycles. The molecule has 6 amide bonds. The summed E-state index contributed by atoms with van der Waals surface area (Å²) in [6.07, 6.45) is 6.48. The molecular weight excluding hydrogens is 594 g/mol. The predicted molar refractivity (Wildman–Crippen MR) is 158 cm³/mol. The van der Waals surface area contributed by atoms with Gasteiger partial charge in [-0.2, -0.15) is 0 Å². The van der Waals surface area contributed by atoms with E-state index in [9.17, 15) is 24.0 Å². The van der Waals surface area contributed by atoms with Crippen molar-refractivity contribution in [2.45, 2.75) is 69.6 Å². The van der Waals surface area contributed by atoms with E-state index in [4.69, 9.17) is 21.3 Å². The van der Waals surface area contributed by atoms with Crippen molar-refractivity contribution in [2.75, 3.05) is 5.32 Å². The first kappa shape index (κ1) is 27.8. The molecule has 4 aliphatic rings. The van der Waals surface area contributed by atoms with Crippen LogP contribution in [0.3, 0.4) is 0 Å². The van der Waals surface area contributed by atoms with Crippen LogP contribution < -0.4 is 20.7 Å². The zero-order chi connectivity index (χ0) is 29.8. The molecule has 222 valence electrons. The van der Waals surface area contributed by atoms with Gasteiger partial charge in [-0.15, -0.1) is 11.3 Å². The molecule has 0 bridgehead atoms. The summed E-state index contributed by atoms with van der Waals surface area (Å²) in [6, 6.07) is 6.24. The van der Waals surface area contributed by atoms with Crippen molar-refractivity contribution < 1.29 is 28.7 Å². The minimum Gasteiger partial charge on any atom is -0.488 e. The largest absolute Gasteiger partial charge is 0.488 e. The molecule has 0 radical (unpaired) electrons. The van der Waals surface area contributed by atoms with E-state index in [0.29, 0.717) is 16.5 Å². The number of aromatic nitrogens is 1. The summed E-state index contributed by atoms with van der Waals surface area (Å²) in [6.45, 7) is 0. The van der Waals surface area contributed by atoms with Crippen LogP contribution in [0.15, 0.2) is 30.3 Å². The highest BCUT2D eigenvalue weighted by Crippen LogP contribution is 2.45. The van der Waals surface area contributed by atoms with Gasteiger partial charge in [0.15, 0.2) is 0 Å². The zero-order valence-electron chi connectivity index (χ0n) is 23.0. The molecule has 7 rings (SSSR count). The second-order valence-electron chi connectivity index (χ2n) is 11.4. The molecule has 2 aromatic carbocycles. The van der Waals surface area contributed by atoms with Gasteiger partial charge in [-0.3, -0.25) is 29.4 Å². The van der Waals surface area contributed by atoms with Gasteiger partial charge in [-0.1, -0.05) is 11.6 Å². The number of rotatable bonds is 7. The number of nitrogens with one attached hydrogen (secondary N) is 3. The summed E-state index contributed by atoms with van der Waals surface area (Å²) in [5.74, 6) is -1.46. The first-order valence-electron chi connectivity index (χ1n) is 14.4. The van der Waals surface area contributed by atoms with E-state index in [1.54, 1.807) is 6.07 Å². The van der Waals surface area contributed by atoms with Crippen LogP contribution in [0.2, 0.25) is 5.02 Å². The minimum absolute atomic E-state index is 0.0372. The topological polar surface area (TPSA) is 147 Å². The van der Waals surface area contributed by atoms with Crippen molar-refractivity contribution >= 4 is 68.5 Å². The van der Waals surface area contributed by atoms with Crippen LogP contribution in [0, 0.1) is 5.92 Å². The molecule has 11 nitrogen and oxygen atoms in total. The molecule has 3 fully saturated rings. The van der Waals surface area contributed by atoms with Gasteiger partial charge in [-0.05, 0) is 75.1 Å². The Balaban J connectivity index is 1.08. The van der Waals surface area contributed by atoms with Gasteiger partial charge in [0.1, 0.15) is 22.3 Å². The molecule has 2 aliphatic heterocycles. The normalized spacial score (nSPS) is 21.2. The number of ether oxygens (including phenoxy) is 1. The highest BCUT2D eigenvalue weighted by atomic mass is 35.5. The van der Waals surface area contributed by atoms with Gasteiger partial charge in [0.05, 0.1) is 28.0 Å². The number of benzene rings is 2. The maximum Gasteiger partial charge on any atom is 0.319 e. The number of hydrogen-bond donors (Lipinski definition) is 3. The third-order valence-electron chi connectivity index (χ3n) is 8.38. The number of carbonyl (C=O) groups excluding carboxylic acids is 5. The molecule has 43 heavy (non-hydrogen) atoms. The van der Waals surface area contributed by atoms with E-state index in [1.165, 1.54) is 29.5 Å². The van der Waals surface area contributed by atoms with Gasteiger partial charge in [0.2, 0.25) is 11.8 Å². The molecule has 3 N–H and O–H groups in total. The lowest BCUT2D eigenvalue weighted by molar-refractivity contribution is -0.136. The van der Waals surface area contributed by atoms with E-state index in [2.05, 4.69) is 16.0 Å². The Hall–Kier alpha value is -4.03. The van der Waals surface area contributed by atoms with Gasteiger partial charge in [0, 0.05) is 23.2 Å². The van der Waals surface area contributed by atoms with Gasteiger partial charge in [0.25, 0.3) is 11.8 Å². The lowest BCUT2D eigenvalue weighted by Crippen LogP contribution is -2.54. The molecule has 1 saturated heterocycles. The van der Waals surface area contributed by atoms with E-state index < -0.39 is 35.7 Å².